The van der Waals surface area contributed by atoms with Crippen LogP contribution >= 0.6 is 11.6 Å². The highest BCUT2D eigenvalue weighted by atomic mass is 35.5. The maximum absolute atomic E-state index is 12.3. The average Bonchev–Trinajstić information content (AvgIpc) is 2.54. The molecule has 0 saturated carbocycles. The molecule has 124 valence electrons. The summed E-state index contributed by atoms with van der Waals surface area (Å²) in [5.74, 6) is 0.878. The summed E-state index contributed by atoms with van der Waals surface area (Å²) in [4.78, 5) is 2.29. The van der Waals surface area contributed by atoms with Crippen LogP contribution in [-0.2, 0) is 16.4 Å². The lowest BCUT2D eigenvalue weighted by molar-refractivity contribution is 0.345. The van der Waals surface area contributed by atoms with Gasteiger partial charge in [0.1, 0.15) is 5.75 Å². The van der Waals surface area contributed by atoms with E-state index in [0.29, 0.717) is 23.0 Å². The average molecular weight is 354 g/mol. The van der Waals surface area contributed by atoms with Crippen LogP contribution in [0, 0.1) is 0 Å². The van der Waals surface area contributed by atoms with Crippen LogP contribution in [0.5, 0.6) is 5.75 Å². The number of hydrogen-bond acceptors (Lipinski definition) is 4. The van der Waals surface area contributed by atoms with Gasteiger partial charge in [-0.25, -0.2) is 8.42 Å². The topological polar surface area (TPSA) is 46.6 Å². The van der Waals surface area contributed by atoms with Gasteiger partial charge in [0.15, 0.2) is 9.84 Å². The van der Waals surface area contributed by atoms with Gasteiger partial charge in [0.25, 0.3) is 0 Å². The standard InChI is InChI=1S/C17H20ClNO3S/c1-19(13-14-3-7-16(22-2)8-4-14)11-12-23(20,21)17-9-5-15(18)6-10-17/h3-10H,11-13H2,1-2H3. The van der Waals surface area contributed by atoms with Gasteiger partial charge in [0, 0.05) is 18.1 Å². The van der Waals surface area contributed by atoms with Crippen molar-refractivity contribution in [3.63, 3.8) is 0 Å². The molecule has 0 unspecified atom stereocenters. The van der Waals surface area contributed by atoms with E-state index in [1.54, 1.807) is 31.4 Å². The zero-order valence-corrected chi connectivity index (χ0v) is 14.8. The van der Waals surface area contributed by atoms with Crippen molar-refractivity contribution in [1.82, 2.24) is 4.90 Å². The molecule has 0 saturated heterocycles. The molecule has 0 fully saturated rings. The van der Waals surface area contributed by atoms with E-state index in [4.69, 9.17) is 16.3 Å². The monoisotopic (exact) mass is 353 g/mol. The number of benzene rings is 2. The van der Waals surface area contributed by atoms with E-state index in [-0.39, 0.29) is 5.75 Å². The van der Waals surface area contributed by atoms with Crippen LogP contribution in [0.1, 0.15) is 5.56 Å². The van der Waals surface area contributed by atoms with Crippen molar-refractivity contribution in [3.05, 3.63) is 59.1 Å². The predicted octanol–water partition coefficient (Wildman–Crippen LogP) is 3.25. The van der Waals surface area contributed by atoms with E-state index < -0.39 is 9.84 Å². The molecule has 2 aromatic carbocycles. The molecule has 0 atom stereocenters. The molecule has 0 bridgehead atoms. The van der Waals surface area contributed by atoms with E-state index >= 15 is 0 Å². The Labute approximate surface area is 142 Å². The first-order valence-electron chi connectivity index (χ1n) is 7.20. The van der Waals surface area contributed by atoms with Gasteiger partial charge in [-0.15, -0.1) is 0 Å². The van der Waals surface area contributed by atoms with E-state index in [1.165, 1.54) is 0 Å². The second kappa shape index (κ2) is 7.81. The number of sulfone groups is 1. The number of rotatable bonds is 7. The number of halogens is 1. The van der Waals surface area contributed by atoms with Crippen LogP contribution < -0.4 is 4.74 Å². The summed E-state index contributed by atoms with van der Waals surface area (Å²) in [7, 11) is 0.237. The molecule has 0 radical (unpaired) electrons. The number of hydrogen-bond donors (Lipinski definition) is 0. The van der Waals surface area contributed by atoms with Crippen LogP contribution in [0.15, 0.2) is 53.4 Å². The fourth-order valence-electron chi connectivity index (χ4n) is 2.16. The first-order valence-corrected chi connectivity index (χ1v) is 9.23. The van der Waals surface area contributed by atoms with Gasteiger partial charge < -0.3 is 9.64 Å². The Morgan fingerprint density at radius 2 is 1.65 bits per heavy atom. The first-order chi connectivity index (χ1) is 10.9. The maximum Gasteiger partial charge on any atom is 0.179 e. The van der Waals surface area contributed by atoms with E-state index in [1.807, 2.05) is 36.2 Å². The molecule has 23 heavy (non-hydrogen) atoms. The molecular formula is C17H20ClNO3S. The molecule has 0 N–H and O–H groups in total. The summed E-state index contributed by atoms with van der Waals surface area (Å²) in [6, 6.07) is 14.0. The third-order valence-electron chi connectivity index (χ3n) is 3.53. The SMILES string of the molecule is COc1ccc(CN(C)CCS(=O)(=O)c2ccc(Cl)cc2)cc1. The van der Waals surface area contributed by atoms with Gasteiger partial charge in [-0.2, -0.15) is 0 Å². The smallest absolute Gasteiger partial charge is 0.179 e. The Morgan fingerprint density at radius 1 is 1.04 bits per heavy atom. The molecule has 6 heteroatoms. The molecule has 0 aliphatic carbocycles. The van der Waals surface area contributed by atoms with Crippen molar-refractivity contribution in [2.45, 2.75) is 11.4 Å². The molecule has 0 aliphatic heterocycles. The van der Waals surface area contributed by atoms with Crippen LogP contribution in [0.3, 0.4) is 0 Å². The zero-order chi connectivity index (χ0) is 16.9. The van der Waals surface area contributed by atoms with Crippen molar-refractivity contribution in [1.29, 1.82) is 0 Å². The van der Waals surface area contributed by atoms with Gasteiger partial charge in [-0.3, -0.25) is 0 Å². The van der Waals surface area contributed by atoms with E-state index in [9.17, 15) is 8.42 Å². The summed E-state index contributed by atoms with van der Waals surface area (Å²) in [5.41, 5.74) is 1.11. The van der Waals surface area contributed by atoms with Crippen LogP contribution in [0.2, 0.25) is 5.02 Å². The second-order valence-electron chi connectivity index (χ2n) is 5.36. The molecule has 2 rings (SSSR count). The fourth-order valence-corrected chi connectivity index (χ4v) is 3.62. The van der Waals surface area contributed by atoms with Crippen molar-refractivity contribution >= 4 is 21.4 Å². The fraction of sp³-hybridized carbons (Fsp3) is 0.294. The maximum atomic E-state index is 12.3. The van der Waals surface area contributed by atoms with Gasteiger partial charge >= 0.3 is 0 Å². The molecule has 0 amide bonds. The number of ether oxygens (including phenoxy) is 1. The highest BCUT2D eigenvalue weighted by molar-refractivity contribution is 7.91. The lowest BCUT2D eigenvalue weighted by atomic mass is 10.2. The lowest BCUT2D eigenvalue weighted by Gasteiger charge is -2.17. The minimum atomic E-state index is -3.30. The highest BCUT2D eigenvalue weighted by Crippen LogP contribution is 2.16. The largest absolute Gasteiger partial charge is 0.497 e. The van der Waals surface area contributed by atoms with Crippen molar-refractivity contribution in [2.24, 2.45) is 0 Å². The minimum absolute atomic E-state index is 0.0707. The Bertz CT molecular complexity index is 727. The Morgan fingerprint density at radius 3 is 2.22 bits per heavy atom. The summed E-state index contributed by atoms with van der Waals surface area (Å²) in [6.45, 7) is 1.14. The number of nitrogens with zero attached hydrogens (tertiary/aromatic N) is 1. The first kappa shape index (κ1) is 17.8. The normalized spacial score (nSPS) is 11.7. The molecule has 0 heterocycles. The van der Waals surface area contributed by atoms with Crippen molar-refractivity contribution < 1.29 is 13.2 Å². The summed E-state index contributed by atoms with van der Waals surface area (Å²) in [6.07, 6.45) is 0. The minimum Gasteiger partial charge on any atom is -0.497 e. The molecule has 4 nitrogen and oxygen atoms in total. The molecule has 0 aliphatic rings. The Balaban J connectivity index is 1.92. The van der Waals surface area contributed by atoms with Crippen LogP contribution in [0.4, 0.5) is 0 Å². The van der Waals surface area contributed by atoms with Crippen molar-refractivity contribution in [3.8, 4) is 5.75 Å². The van der Waals surface area contributed by atoms with E-state index in [0.717, 1.165) is 11.3 Å². The zero-order valence-electron chi connectivity index (χ0n) is 13.2. The number of methoxy groups -OCH3 is 1. The van der Waals surface area contributed by atoms with E-state index in [2.05, 4.69) is 0 Å². The quantitative estimate of drug-likeness (QED) is 0.766. The lowest BCUT2D eigenvalue weighted by Crippen LogP contribution is -2.25. The van der Waals surface area contributed by atoms with Crippen LogP contribution in [-0.4, -0.2) is 39.8 Å². The van der Waals surface area contributed by atoms with Gasteiger partial charge in [0.05, 0.1) is 17.8 Å². The van der Waals surface area contributed by atoms with Crippen molar-refractivity contribution in [2.75, 3.05) is 26.5 Å². The molecule has 0 aromatic heterocycles. The summed E-state index contributed by atoms with van der Waals surface area (Å²) in [5, 5.41) is 0.528. The third kappa shape index (κ3) is 5.23. The highest BCUT2D eigenvalue weighted by Gasteiger charge is 2.15. The summed E-state index contributed by atoms with van der Waals surface area (Å²) < 4.78 is 29.7. The second-order valence-corrected chi connectivity index (χ2v) is 7.90. The van der Waals surface area contributed by atoms with Gasteiger partial charge in [0.2, 0.25) is 0 Å². The van der Waals surface area contributed by atoms with Gasteiger partial charge in [-0.1, -0.05) is 23.7 Å². The van der Waals surface area contributed by atoms with Gasteiger partial charge in [-0.05, 0) is 49.0 Å². The van der Waals surface area contributed by atoms with Crippen LogP contribution in [0.25, 0.3) is 0 Å². The molecule has 2 aromatic rings. The third-order valence-corrected chi connectivity index (χ3v) is 5.49. The summed E-state index contributed by atoms with van der Waals surface area (Å²) >= 11 is 5.79. The Kier molecular flexibility index (Phi) is 6.04. The molecule has 0 spiro atoms. The molecular weight excluding hydrogens is 334 g/mol. The Hall–Kier alpha value is -1.56. The predicted molar refractivity (Wildman–Crippen MR) is 92.8 cm³/mol.